The van der Waals surface area contributed by atoms with E-state index >= 15 is 4.57 Å². The third-order valence-electron chi connectivity index (χ3n) is 25.2. The summed E-state index contributed by atoms with van der Waals surface area (Å²) in [5.74, 6) is -2.57. The van der Waals surface area contributed by atoms with E-state index in [1.165, 1.54) is 82.0 Å². The van der Waals surface area contributed by atoms with Crippen LogP contribution in [-0.2, 0) is 78.6 Å². The van der Waals surface area contributed by atoms with E-state index in [1.807, 2.05) is 96.1 Å². The van der Waals surface area contributed by atoms with Crippen molar-refractivity contribution in [3.05, 3.63) is 356 Å². The predicted octanol–water partition coefficient (Wildman–Crippen LogP) is 21.7. The highest BCUT2D eigenvalue weighted by atomic mass is 31.2. The summed E-state index contributed by atoms with van der Waals surface area (Å²) in [4.78, 5) is 0. The molecule has 19 nitrogen and oxygen atoms in total. The van der Waals surface area contributed by atoms with Gasteiger partial charge in [0.2, 0.25) is 0 Å². The van der Waals surface area contributed by atoms with Gasteiger partial charge >= 0.3 is 25.9 Å². The summed E-state index contributed by atoms with van der Waals surface area (Å²) in [5, 5.41) is 99.3. The largest absolute Gasteiger partial charge is 0.647 e. The van der Waals surface area contributed by atoms with Crippen LogP contribution in [0.2, 0.25) is 0 Å². The molecule has 15 aromatic rings. The maximum absolute atomic E-state index is 16.9. The summed E-state index contributed by atoms with van der Waals surface area (Å²) in [6, 6.07) is 89.4. The van der Waals surface area contributed by atoms with E-state index in [0.29, 0.717) is 33.8 Å². The maximum Gasteiger partial charge on any atom is 0.647 e. The quantitative estimate of drug-likeness (QED) is 0.0262. The summed E-state index contributed by atoms with van der Waals surface area (Å²) in [7, 11) is -5.31. The minimum atomic E-state index is -5.31. The Morgan fingerprint density at radius 2 is 0.541 bits per heavy atom. The highest BCUT2D eigenvalue weighted by Crippen LogP contribution is 2.58. The van der Waals surface area contributed by atoms with Crippen LogP contribution in [0.5, 0.6) is 52.5 Å². The molecule has 0 fully saturated rings. The molecule has 3 aliphatic carbocycles. The molecule has 122 heavy (non-hydrogen) atoms. The number of fused-ring (bicyclic) bond motifs is 3. The highest BCUT2D eigenvalue weighted by molar-refractivity contribution is 7.49. The fraction of sp³-hybridized carbons (Fsp3) is 0.235. The van der Waals surface area contributed by atoms with Gasteiger partial charge in [-0.2, -0.15) is 4.57 Å². The Morgan fingerprint density at radius 3 is 0.762 bits per heavy atom. The number of hydrogen-bond donors (Lipinski definition) is 6. The molecule has 0 atom stereocenters. The molecule has 3 aliphatic rings. The summed E-state index contributed by atoms with van der Waals surface area (Å²) in [6.45, 7) is 11.4. The average molecular weight is 1640 g/mol. The molecule has 0 unspecified atom stereocenters. The first-order valence-corrected chi connectivity index (χ1v) is 43.4. The number of rotatable bonds is 27. The van der Waals surface area contributed by atoms with Gasteiger partial charge in [0.05, 0.1) is 33.8 Å². The van der Waals surface area contributed by atoms with Crippen molar-refractivity contribution in [1.29, 1.82) is 0 Å². The van der Waals surface area contributed by atoms with Gasteiger partial charge in [-0.3, -0.25) is 0 Å². The van der Waals surface area contributed by atoms with Crippen LogP contribution in [0, 0.1) is 0 Å². The van der Waals surface area contributed by atoms with E-state index in [4.69, 9.17) is 13.6 Å². The predicted molar refractivity (Wildman–Crippen MR) is 473 cm³/mol. The second-order valence-electron chi connectivity index (χ2n) is 34.2. The van der Waals surface area contributed by atoms with E-state index in [-0.39, 0.29) is 67.7 Å². The monoisotopic (exact) mass is 1640 g/mol. The molecule has 3 heterocycles. The van der Waals surface area contributed by atoms with Crippen LogP contribution >= 0.6 is 7.82 Å². The van der Waals surface area contributed by atoms with Gasteiger partial charge in [0.25, 0.3) is 0 Å². The summed E-state index contributed by atoms with van der Waals surface area (Å²) in [6.07, 6.45) is 9.95. The summed E-state index contributed by atoms with van der Waals surface area (Å²) < 4.78 is 41.8. The molecule has 12 aromatic carbocycles. The number of phenolic OH excluding ortho intramolecular Hbond substituents is 3. The van der Waals surface area contributed by atoms with Gasteiger partial charge in [-0.15, -0.1) is 15.3 Å². The first-order chi connectivity index (χ1) is 59.1. The molecule has 18 rings (SSSR count). The second kappa shape index (κ2) is 32.6. The van der Waals surface area contributed by atoms with E-state index in [0.717, 1.165) is 93.7 Å². The summed E-state index contributed by atoms with van der Waals surface area (Å²) >= 11 is 0. The van der Waals surface area contributed by atoms with Crippen LogP contribution in [0.4, 0.5) is 0 Å². The Labute approximate surface area is 709 Å². The molecule has 0 amide bonds. The van der Waals surface area contributed by atoms with E-state index in [1.54, 1.807) is 18.2 Å². The Bertz CT molecular complexity index is 5700. The Morgan fingerprint density at radius 1 is 0.311 bits per heavy atom. The molecule has 614 valence electrons. The smallest absolute Gasteiger partial charge is 0.507 e. The fourth-order valence-corrected chi connectivity index (χ4v) is 20.7. The lowest BCUT2D eigenvalue weighted by Crippen LogP contribution is -2.29. The van der Waals surface area contributed by atoms with E-state index in [9.17, 15) is 30.6 Å². The molecule has 0 bridgehead atoms. The van der Waals surface area contributed by atoms with Gasteiger partial charge < -0.3 is 44.2 Å². The maximum atomic E-state index is 16.9. The number of phosphoric ester groups is 1. The standard InChI is InChI=1S/C102H96N9O10P/c1-64(2)79-52-82(94-103-106-97(115)109(94)76-37-40-85-73(49-76)43-46-100(85,58-67-25-13-7-14-26-67)59-68-27-15-8-16-28-68)88(112)55-91(79)119-122(118,120-92-56-89(113)83(53-80(92)65(3)4)95-104-107-98(116)110(95)77-38-41-86-74(50-77)44-47-101(86,60-69-29-17-9-18-30-69)61-70-31-19-10-20-32-70)121-93-57-90(114)84(54-81(93)66(5)6)96-105-108-99(117)111(96)78-39-42-87-75(51-78)45-48-102(87,62-71-33-21-11-22-34-71)63-72-35-23-12-24-36-72/h7-42,49-57,64-66,112-114H,43-48,58-63H2,1-6H3,(H,106,115)(H,107,116)(H,108,117). The van der Waals surface area contributed by atoms with Crippen molar-refractivity contribution in [2.75, 3.05) is 0 Å². The first kappa shape index (κ1) is 79.6. The number of phosphoric acid groups is 1. The zero-order valence-corrected chi connectivity index (χ0v) is 69.9. The van der Waals surface area contributed by atoms with Gasteiger partial charge in [0.1, 0.15) is 34.5 Å². The second-order valence-corrected chi connectivity index (χ2v) is 35.7. The molecule has 20 heteroatoms. The SMILES string of the molecule is CC(C)c1cc(-c2nnc(O)n2-c2ccc3c(c2)CCC3(Cc2ccccc2)Cc2ccccc2)c(O)cc1OP(=O)(Oc1cc(O)c(-c2nnc(O)n2-c2ccc3c(c2)CCC3(Cc2ccccc2)Cc2ccccc2)cc1C(C)C)Oc1cc(O)c(-c2nnc(O)n2-c2ccc3c(c2)CCC3(Cc2ccccc2)Cc2ccccc2)cc1C(C)C. The molecule has 0 radical (unpaired) electrons. The first-order valence-electron chi connectivity index (χ1n) is 42.0. The van der Waals surface area contributed by atoms with Crippen molar-refractivity contribution in [3.63, 3.8) is 0 Å². The average Bonchev–Trinajstić information content (AvgIpc) is 1.58. The third kappa shape index (κ3) is 15.4. The van der Waals surface area contributed by atoms with Crippen molar-refractivity contribution in [3.8, 4) is 104 Å². The third-order valence-corrected chi connectivity index (χ3v) is 26.5. The van der Waals surface area contributed by atoms with E-state index < -0.39 is 60.9 Å². The van der Waals surface area contributed by atoms with Gasteiger partial charge in [0.15, 0.2) is 17.5 Å². The normalized spacial score (nSPS) is 14.3. The number of phenols is 3. The fourth-order valence-electron chi connectivity index (χ4n) is 19.4. The minimum absolute atomic E-state index is 0.108. The zero-order valence-electron chi connectivity index (χ0n) is 69.0. The van der Waals surface area contributed by atoms with Crippen molar-refractivity contribution >= 4 is 7.82 Å². The Balaban J connectivity index is 0.715. The lowest BCUT2D eigenvalue weighted by molar-refractivity contribution is 0.293. The van der Waals surface area contributed by atoms with Gasteiger partial charge in [-0.05, 0) is 233 Å². The van der Waals surface area contributed by atoms with Crippen LogP contribution in [0.3, 0.4) is 0 Å². The molecular formula is C102H96N9O10P. The molecular weight excluding hydrogens is 1540 g/mol. The number of aromatic hydroxyl groups is 6. The van der Waals surface area contributed by atoms with Crippen molar-refractivity contribution in [1.82, 2.24) is 44.3 Å². The van der Waals surface area contributed by atoms with Crippen molar-refractivity contribution in [2.45, 2.75) is 153 Å². The minimum Gasteiger partial charge on any atom is -0.507 e. The molecule has 0 spiro atoms. The Hall–Kier alpha value is -13.5. The number of hydrogen-bond acceptors (Lipinski definition) is 16. The van der Waals surface area contributed by atoms with Crippen LogP contribution in [0.25, 0.3) is 51.2 Å². The Kier molecular flexibility index (Phi) is 21.2. The molecule has 6 N–H and O–H groups in total. The lowest BCUT2D eigenvalue weighted by Gasteiger charge is -2.31. The van der Waals surface area contributed by atoms with Crippen LogP contribution in [0.15, 0.2) is 273 Å². The van der Waals surface area contributed by atoms with Crippen LogP contribution in [-0.4, -0.2) is 74.9 Å². The lowest BCUT2D eigenvalue weighted by atomic mass is 9.72. The van der Waals surface area contributed by atoms with Gasteiger partial charge in [-0.1, -0.05) is 257 Å². The number of nitrogens with zero attached hydrogens (tertiary/aromatic N) is 9. The van der Waals surface area contributed by atoms with Gasteiger partial charge in [0, 0.05) is 34.4 Å². The van der Waals surface area contributed by atoms with Crippen molar-refractivity contribution in [2.24, 2.45) is 0 Å². The van der Waals surface area contributed by atoms with E-state index in [2.05, 4.69) is 213 Å². The molecule has 3 aromatic heterocycles. The van der Waals surface area contributed by atoms with Gasteiger partial charge in [-0.25, -0.2) is 13.7 Å². The number of aromatic nitrogens is 9. The van der Waals surface area contributed by atoms with Crippen molar-refractivity contribution < 1.29 is 48.8 Å². The molecule has 0 saturated carbocycles. The number of benzene rings is 12. The molecule has 0 aliphatic heterocycles. The highest BCUT2D eigenvalue weighted by Gasteiger charge is 2.45. The van der Waals surface area contributed by atoms with Crippen LogP contribution < -0.4 is 13.6 Å². The number of aryl methyl sites for hydroxylation is 3. The molecule has 0 saturated heterocycles. The van der Waals surface area contributed by atoms with Crippen LogP contribution in [0.1, 0.15) is 162 Å². The summed E-state index contributed by atoms with van der Waals surface area (Å²) in [5.41, 5.74) is 17.1. The topological polar surface area (TPSA) is 258 Å². The zero-order chi connectivity index (χ0) is 84.2.